The van der Waals surface area contributed by atoms with Crippen molar-refractivity contribution < 1.29 is 0 Å². The van der Waals surface area contributed by atoms with Crippen LogP contribution in [0.4, 0.5) is 5.13 Å². The summed E-state index contributed by atoms with van der Waals surface area (Å²) in [6, 6.07) is 10.7. The molecule has 1 aliphatic rings. The lowest BCUT2D eigenvalue weighted by molar-refractivity contribution is 0.295. The van der Waals surface area contributed by atoms with Crippen molar-refractivity contribution in [1.29, 1.82) is 0 Å². The summed E-state index contributed by atoms with van der Waals surface area (Å²) in [5, 5.41) is 2.79. The van der Waals surface area contributed by atoms with Gasteiger partial charge in [0.2, 0.25) is 0 Å². The number of anilines is 1. The molecule has 3 rings (SSSR count). The first kappa shape index (κ1) is 9.85. The molecule has 0 saturated heterocycles. The topological polar surface area (TPSA) is 38.9 Å². The number of rotatable bonds is 2. The van der Waals surface area contributed by atoms with Crippen LogP contribution in [0.25, 0.3) is 0 Å². The SMILES string of the molecule is Nc1nc(C2(c3ccccc3)CCC2)cs1. The van der Waals surface area contributed by atoms with Crippen LogP contribution >= 0.6 is 11.3 Å². The second kappa shape index (κ2) is 3.59. The number of nitrogens with zero attached hydrogens (tertiary/aromatic N) is 1. The van der Waals surface area contributed by atoms with Crippen molar-refractivity contribution in [2.24, 2.45) is 0 Å². The van der Waals surface area contributed by atoms with E-state index in [0.717, 1.165) is 5.69 Å². The first-order chi connectivity index (χ1) is 7.81. The number of benzene rings is 1. The average molecular weight is 230 g/mol. The van der Waals surface area contributed by atoms with Crippen molar-refractivity contribution in [3.05, 3.63) is 47.0 Å². The van der Waals surface area contributed by atoms with Crippen molar-refractivity contribution in [2.75, 3.05) is 5.73 Å². The molecule has 0 aliphatic heterocycles. The van der Waals surface area contributed by atoms with Crippen LogP contribution in [0.2, 0.25) is 0 Å². The zero-order chi connectivity index (χ0) is 11.0. The van der Waals surface area contributed by atoms with Crippen molar-refractivity contribution in [3.63, 3.8) is 0 Å². The number of hydrogen-bond acceptors (Lipinski definition) is 3. The number of nitrogen functional groups attached to an aromatic ring is 1. The first-order valence-corrected chi connectivity index (χ1v) is 6.46. The Morgan fingerprint density at radius 1 is 1.19 bits per heavy atom. The molecule has 1 aromatic heterocycles. The predicted octanol–water partition coefficient (Wildman–Crippen LogP) is 3.20. The summed E-state index contributed by atoms with van der Waals surface area (Å²) in [6.07, 6.45) is 3.67. The summed E-state index contributed by atoms with van der Waals surface area (Å²) >= 11 is 1.54. The van der Waals surface area contributed by atoms with E-state index in [0.29, 0.717) is 5.13 Å². The van der Waals surface area contributed by atoms with Crippen LogP contribution in [-0.2, 0) is 5.41 Å². The Bertz CT molecular complexity index is 486. The average Bonchev–Trinajstić information content (AvgIpc) is 2.65. The van der Waals surface area contributed by atoms with Gasteiger partial charge in [0, 0.05) is 10.8 Å². The monoisotopic (exact) mass is 230 g/mol. The molecule has 0 unspecified atom stereocenters. The third kappa shape index (κ3) is 1.35. The van der Waals surface area contributed by atoms with Gasteiger partial charge in [0.05, 0.1) is 5.69 Å². The molecule has 2 aromatic rings. The van der Waals surface area contributed by atoms with E-state index in [1.165, 1.54) is 24.8 Å². The molecule has 0 bridgehead atoms. The van der Waals surface area contributed by atoms with Gasteiger partial charge in [-0.3, -0.25) is 0 Å². The summed E-state index contributed by atoms with van der Waals surface area (Å²) in [7, 11) is 0. The minimum absolute atomic E-state index is 0.148. The van der Waals surface area contributed by atoms with Gasteiger partial charge in [-0.05, 0) is 18.4 Å². The highest BCUT2D eigenvalue weighted by Gasteiger charge is 2.41. The lowest BCUT2D eigenvalue weighted by atomic mass is 9.63. The molecule has 1 aromatic carbocycles. The molecular weight excluding hydrogens is 216 g/mol. The quantitative estimate of drug-likeness (QED) is 0.860. The van der Waals surface area contributed by atoms with Crippen LogP contribution < -0.4 is 5.73 Å². The summed E-state index contributed by atoms with van der Waals surface area (Å²) in [5.41, 5.74) is 8.43. The highest BCUT2D eigenvalue weighted by Crippen LogP contribution is 2.49. The molecule has 0 radical (unpaired) electrons. The molecular formula is C13H14N2S. The molecule has 0 spiro atoms. The Hall–Kier alpha value is -1.35. The summed E-state index contributed by atoms with van der Waals surface area (Å²) in [4.78, 5) is 4.48. The maximum Gasteiger partial charge on any atom is 0.180 e. The van der Waals surface area contributed by atoms with E-state index >= 15 is 0 Å². The molecule has 2 nitrogen and oxygen atoms in total. The fraction of sp³-hybridized carbons (Fsp3) is 0.308. The van der Waals surface area contributed by atoms with Gasteiger partial charge in [0.1, 0.15) is 0 Å². The van der Waals surface area contributed by atoms with E-state index in [-0.39, 0.29) is 5.41 Å². The van der Waals surface area contributed by atoms with E-state index in [2.05, 4.69) is 40.7 Å². The maximum atomic E-state index is 5.74. The molecule has 3 heteroatoms. The van der Waals surface area contributed by atoms with Gasteiger partial charge in [-0.15, -0.1) is 11.3 Å². The van der Waals surface area contributed by atoms with Crippen molar-refractivity contribution in [2.45, 2.75) is 24.7 Å². The van der Waals surface area contributed by atoms with E-state index < -0.39 is 0 Å². The molecule has 82 valence electrons. The van der Waals surface area contributed by atoms with Gasteiger partial charge < -0.3 is 5.73 Å². The molecule has 2 N–H and O–H groups in total. The molecule has 16 heavy (non-hydrogen) atoms. The van der Waals surface area contributed by atoms with Gasteiger partial charge in [-0.25, -0.2) is 4.98 Å². The summed E-state index contributed by atoms with van der Waals surface area (Å²) < 4.78 is 0. The molecule has 0 atom stereocenters. The Morgan fingerprint density at radius 3 is 2.44 bits per heavy atom. The number of thiazole rings is 1. The summed E-state index contributed by atoms with van der Waals surface area (Å²) in [5.74, 6) is 0. The molecule has 1 heterocycles. The van der Waals surface area contributed by atoms with E-state index in [1.807, 2.05) is 0 Å². The number of aromatic nitrogens is 1. The molecule has 1 aliphatic carbocycles. The zero-order valence-corrected chi connectivity index (χ0v) is 9.83. The van der Waals surface area contributed by atoms with Crippen LogP contribution in [0.15, 0.2) is 35.7 Å². The third-order valence-electron chi connectivity index (χ3n) is 3.55. The maximum absolute atomic E-state index is 5.74. The van der Waals surface area contributed by atoms with Gasteiger partial charge in [0.15, 0.2) is 5.13 Å². The largest absolute Gasteiger partial charge is 0.375 e. The Balaban J connectivity index is 2.07. The third-order valence-corrected chi connectivity index (χ3v) is 4.22. The zero-order valence-electron chi connectivity index (χ0n) is 9.02. The lowest BCUT2D eigenvalue weighted by Gasteiger charge is -2.41. The molecule has 0 amide bonds. The van der Waals surface area contributed by atoms with Crippen molar-refractivity contribution in [3.8, 4) is 0 Å². The second-order valence-corrected chi connectivity index (χ2v) is 5.26. The van der Waals surface area contributed by atoms with E-state index in [1.54, 1.807) is 11.3 Å². The smallest absolute Gasteiger partial charge is 0.180 e. The van der Waals surface area contributed by atoms with Crippen LogP contribution in [0, 0.1) is 0 Å². The van der Waals surface area contributed by atoms with E-state index in [9.17, 15) is 0 Å². The fourth-order valence-corrected chi connectivity index (χ4v) is 3.15. The second-order valence-electron chi connectivity index (χ2n) is 4.37. The Morgan fingerprint density at radius 2 is 1.94 bits per heavy atom. The first-order valence-electron chi connectivity index (χ1n) is 5.58. The number of hydrogen-bond donors (Lipinski definition) is 1. The fourth-order valence-electron chi connectivity index (χ4n) is 2.49. The normalized spacial score (nSPS) is 18.0. The molecule has 1 saturated carbocycles. The van der Waals surface area contributed by atoms with Crippen molar-refractivity contribution >= 4 is 16.5 Å². The highest BCUT2D eigenvalue weighted by molar-refractivity contribution is 7.13. The Labute approximate surface area is 99.1 Å². The van der Waals surface area contributed by atoms with Gasteiger partial charge in [-0.2, -0.15) is 0 Å². The summed E-state index contributed by atoms with van der Waals surface area (Å²) in [6.45, 7) is 0. The van der Waals surface area contributed by atoms with Crippen LogP contribution in [0.1, 0.15) is 30.5 Å². The van der Waals surface area contributed by atoms with Gasteiger partial charge in [0.25, 0.3) is 0 Å². The highest BCUT2D eigenvalue weighted by atomic mass is 32.1. The predicted molar refractivity (Wildman–Crippen MR) is 67.6 cm³/mol. The van der Waals surface area contributed by atoms with E-state index in [4.69, 9.17) is 5.73 Å². The number of nitrogens with two attached hydrogens (primary N) is 1. The van der Waals surface area contributed by atoms with Gasteiger partial charge >= 0.3 is 0 Å². The van der Waals surface area contributed by atoms with Crippen molar-refractivity contribution in [1.82, 2.24) is 4.98 Å². The molecule has 1 fully saturated rings. The minimum atomic E-state index is 0.148. The van der Waals surface area contributed by atoms with Crippen LogP contribution in [-0.4, -0.2) is 4.98 Å². The van der Waals surface area contributed by atoms with Crippen LogP contribution in [0.5, 0.6) is 0 Å². The minimum Gasteiger partial charge on any atom is -0.375 e. The standard InChI is InChI=1S/C13H14N2S/c14-12-15-11(9-16-12)13(7-4-8-13)10-5-2-1-3-6-10/h1-3,5-6,9H,4,7-8H2,(H2,14,15). The van der Waals surface area contributed by atoms with Gasteiger partial charge in [-0.1, -0.05) is 36.8 Å². The lowest BCUT2D eigenvalue weighted by Crippen LogP contribution is -2.35. The van der Waals surface area contributed by atoms with Crippen LogP contribution in [0.3, 0.4) is 0 Å². The Kier molecular flexibility index (Phi) is 2.21.